The van der Waals surface area contributed by atoms with E-state index in [0.717, 1.165) is 17.1 Å². The first-order chi connectivity index (χ1) is 6.93. The number of hydrogen-bond donors (Lipinski definition) is 1. The van der Waals surface area contributed by atoms with Crippen LogP contribution >= 0.6 is 0 Å². The van der Waals surface area contributed by atoms with Gasteiger partial charge in [-0.2, -0.15) is 0 Å². The van der Waals surface area contributed by atoms with Crippen molar-refractivity contribution in [1.82, 2.24) is 4.90 Å². The lowest BCUT2D eigenvalue weighted by Crippen LogP contribution is -2.45. The molecule has 0 unspecified atom stereocenters. The van der Waals surface area contributed by atoms with Crippen LogP contribution in [0.25, 0.3) is 0 Å². The number of rotatable bonds is 4. The van der Waals surface area contributed by atoms with Gasteiger partial charge >= 0.3 is 5.97 Å². The maximum Gasteiger partial charge on any atom is 0.326 e. The van der Waals surface area contributed by atoms with Gasteiger partial charge < -0.3 is 5.11 Å². The van der Waals surface area contributed by atoms with E-state index >= 15 is 0 Å². The fourth-order valence-corrected chi connectivity index (χ4v) is 1.48. The summed E-state index contributed by atoms with van der Waals surface area (Å²) in [7, 11) is 0. The summed E-state index contributed by atoms with van der Waals surface area (Å²) < 4.78 is 0. The molecule has 5 heteroatoms. The summed E-state index contributed by atoms with van der Waals surface area (Å²) in [5.41, 5.74) is 0. The Labute approximate surface area is 87.4 Å². The van der Waals surface area contributed by atoms with E-state index in [1.807, 2.05) is 13.8 Å². The Morgan fingerprint density at radius 1 is 1.33 bits per heavy atom. The smallest absolute Gasteiger partial charge is 0.326 e. The van der Waals surface area contributed by atoms with Crippen molar-refractivity contribution in [2.45, 2.75) is 26.3 Å². The van der Waals surface area contributed by atoms with Crippen molar-refractivity contribution in [3.8, 4) is 0 Å². The molecule has 0 saturated heterocycles. The molecule has 1 atom stereocenters. The second-order valence-corrected chi connectivity index (χ2v) is 3.86. The van der Waals surface area contributed by atoms with Gasteiger partial charge in [0, 0.05) is 12.2 Å². The third kappa shape index (κ3) is 2.43. The number of carbonyl (C=O) groups is 3. The largest absolute Gasteiger partial charge is 0.480 e. The number of nitrogens with zero attached hydrogens (tertiary/aromatic N) is 1. The van der Waals surface area contributed by atoms with Crippen molar-refractivity contribution < 1.29 is 19.5 Å². The second-order valence-electron chi connectivity index (χ2n) is 3.86. The molecular formula is C10H13NO4. The highest BCUT2D eigenvalue weighted by Gasteiger charge is 2.35. The van der Waals surface area contributed by atoms with Crippen molar-refractivity contribution in [3.05, 3.63) is 12.2 Å². The molecule has 0 aromatic heterocycles. The molecule has 5 nitrogen and oxygen atoms in total. The molecule has 0 spiro atoms. The zero-order chi connectivity index (χ0) is 11.6. The predicted molar refractivity (Wildman–Crippen MR) is 51.9 cm³/mol. The molecule has 0 aromatic rings. The van der Waals surface area contributed by atoms with Gasteiger partial charge in [0.1, 0.15) is 6.04 Å². The van der Waals surface area contributed by atoms with Crippen molar-refractivity contribution in [3.63, 3.8) is 0 Å². The highest BCUT2D eigenvalue weighted by Crippen LogP contribution is 2.16. The fraction of sp³-hybridized carbons (Fsp3) is 0.500. The van der Waals surface area contributed by atoms with Gasteiger partial charge in [-0.3, -0.25) is 14.5 Å². The number of hydrogen-bond acceptors (Lipinski definition) is 3. The average Bonchev–Trinajstić information content (AvgIpc) is 2.42. The van der Waals surface area contributed by atoms with Crippen molar-refractivity contribution in [1.29, 1.82) is 0 Å². The molecule has 1 aliphatic rings. The van der Waals surface area contributed by atoms with Crippen LogP contribution < -0.4 is 0 Å². The summed E-state index contributed by atoms with van der Waals surface area (Å²) in [5.74, 6) is -2.14. The van der Waals surface area contributed by atoms with Crippen molar-refractivity contribution >= 4 is 17.8 Å². The lowest BCUT2D eigenvalue weighted by Gasteiger charge is -2.23. The lowest BCUT2D eigenvalue weighted by atomic mass is 10.0. The van der Waals surface area contributed by atoms with E-state index in [0.29, 0.717) is 0 Å². The summed E-state index contributed by atoms with van der Waals surface area (Å²) >= 11 is 0. The zero-order valence-corrected chi connectivity index (χ0v) is 8.64. The normalized spacial score (nSPS) is 17.7. The van der Waals surface area contributed by atoms with Crippen LogP contribution in [0.3, 0.4) is 0 Å². The second kappa shape index (κ2) is 4.25. The van der Waals surface area contributed by atoms with E-state index in [2.05, 4.69) is 0 Å². The van der Waals surface area contributed by atoms with Crippen LogP contribution in [0.2, 0.25) is 0 Å². The molecular weight excluding hydrogens is 198 g/mol. The summed E-state index contributed by atoms with van der Waals surface area (Å²) in [6.45, 7) is 3.68. The number of imide groups is 1. The molecule has 0 radical (unpaired) electrons. The zero-order valence-electron chi connectivity index (χ0n) is 8.64. The minimum atomic E-state index is -1.14. The van der Waals surface area contributed by atoms with Gasteiger partial charge in [-0.25, -0.2) is 4.79 Å². The van der Waals surface area contributed by atoms with Crippen LogP contribution in [0.1, 0.15) is 20.3 Å². The van der Waals surface area contributed by atoms with Gasteiger partial charge in [-0.15, -0.1) is 0 Å². The number of carboxylic acid groups (broad SMARTS) is 1. The first kappa shape index (κ1) is 11.4. The summed E-state index contributed by atoms with van der Waals surface area (Å²) in [6.07, 6.45) is 2.46. The van der Waals surface area contributed by atoms with E-state index in [-0.39, 0.29) is 12.3 Å². The van der Waals surface area contributed by atoms with Crippen LogP contribution in [0.5, 0.6) is 0 Å². The molecule has 2 amide bonds. The summed E-state index contributed by atoms with van der Waals surface area (Å²) in [4.78, 5) is 34.3. The van der Waals surface area contributed by atoms with Gasteiger partial charge in [-0.05, 0) is 12.3 Å². The Hall–Kier alpha value is -1.65. The minimum absolute atomic E-state index is 0.104. The van der Waals surface area contributed by atoms with Crippen LogP contribution in [0.15, 0.2) is 12.2 Å². The van der Waals surface area contributed by atoms with Crippen LogP contribution in [0.4, 0.5) is 0 Å². The van der Waals surface area contributed by atoms with Gasteiger partial charge in [0.25, 0.3) is 11.8 Å². The molecule has 1 N–H and O–H groups in total. The molecule has 82 valence electrons. The molecule has 0 fully saturated rings. The number of carboxylic acids is 1. The van der Waals surface area contributed by atoms with Gasteiger partial charge in [0.05, 0.1) is 0 Å². The van der Waals surface area contributed by atoms with E-state index in [4.69, 9.17) is 5.11 Å². The van der Waals surface area contributed by atoms with Crippen molar-refractivity contribution in [2.75, 3.05) is 0 Å². The first-order valence-corrected chi connectivity index (χ1v) is 4.71. The average molecular weight is 211 g/mol. The van der Waals surface area contributed by atoms with E-state index in [1.54, 1.807) is 0 Å². The van der Waals surface area contributed by atoms with E-state index in [9.17, 15) is 14.4 Å². The maximum atomic E-state index is 11.3. The number of aliphatic carboxylic acids is 1. The quantitative estimate of drug-likeness (QED) is 0.683. The Morgan fingerprint density at radius 3 is 2.13 bits per heavy atom. The third-order valence-corrected chi connectivity index (χ3v) is 2.13. The standard InChI is InChI=1S/C10H13NO4/c1-6(2)5-7(10(14)15)11-8(12)3-4-9(11)13/h3-4,6-7H,5H2,1-2H3,(H,14,15)/t7-/m0/s1. The molecule has 0 saturated carbocycles. The van der Waals surface area contributed by atoms with Crippen LogP contribution in [-0.4, -0.2) is 33.8 Å². The molecule has 1 aliphatic heterocycles. The molecule has 15 heavy (non-hydrogen) atoms. The van der Waals surface area contributed by atoms with Crippen LogP contribution in [-0.2, 0) is 14.4 Å². The molecule has 0 bridgehead atoms. The highest BCUT2D eigenvalue weighted by atomic mass is 16.4. The summed E-state index contributed by atoms with van der Waals surface area (Å²) in [5, 5.41) is 8.94. The minimum Gasteiger partial charge on any atom is -0.480 e. The Kier molecular flexibility index (Phi) is 3.24. The molecule has 0 aliphatic carbocycles. The van der Waals surface area contributed by atoms with Gasteiger partial charge in [-0.1, -0.05) is 13.8 Å². The van der Waals surface area contributed by atoms with E-state index in [1.165, 1.54) is 0 Å². The topological polar surface area (TPSA) is 74.7 Å². The number of amides is 2. The molecule has 0 aromatic carbocycles. The van der Waals surface area contributed by atoms with Crippen molar-refractivity contribution in [2.24, 2.45) is 5.92 Å². The lowest BCUT2D eigenvalue weighted by molar-refractivity contribution is -0.154. The Bertz CT molecular complexity index is 314. The summed E-state index contributed by atoms with van der Waals surface area (Å²) in [6, 6.07) is -1.06. The van der Waals surface area contributed by atoms with Crippen LogP contribution in [0, 0.1) is 5.92 Å². The highest BCUT2D eigenvalue weighted by molar-refractivity contribution is 6.14. The SMILES string of the molecule is CC(C)C[C@@H](C(=O)O)N1C(=O)C=CC1=O. The third-order valence-electron chi connectivity index (χ3n) is 2.13. The Balaban J connectivity index is 2.85. The monoisotopic (exact) mass is 211 g/mol. The van der Waals surface area contributed by atoms with Gasteiger partial charge in [0.15, 0.2) is 0 Å². The predicted octanol–water partition coefficient (Wildman–Crippen LogP) is 0.411. The fourth-order valence-electron chi connectivity index (χ4n) is 1.48. The van der Waals surface area contributed by atoms with Gasteiger partial charge in [0.2, 0.25) is 0 Å². The van der Waals surface area contributed by atoms with E-state index < -0.39 is 23.8 Å². The molecule has 1 rings (SSSR count). The number of carbonyl (C=O) groups excluding carboxylic acids is 2. The molecule has 1 heterocycles. The Morgan fingerprint density at radius 2 is 1.80 bits per heavy atom. The maximum absolute atomic E-state index is 11.3. The first-order valence-electron chi connectivity index (χ1n) is 4.71.